The van der Waals surface area contributed by atoms with Crippen LogP contribution >= 0.6 is 0 Å². The van der Waals surface area contributed by atoms with Gasteiger partial charge in [0.05, 0.1) is 0 Å². The molecule has 2 aromatic rings. The Balaban J connectivity index is 2.19. The van der Waals surface area contributed by atoms with Crippen molar-refractivity contribution in [3.05, 3.63) is 65.7 Å². The van der Waals surface area contributed by atoms with Crippen molar-refractivity contribution in [1.29, 1.82) is 0 Å². The summed E-state index contributed by atoms with van der Waals surface area (Å²) in [5.74, 6) is 1.03. The molecular formula is C18H22O. The van der Waals surface area contributed by atoms with Crippen LogP contribution in [0.25, 0.3) is 0 Å². The fourth-order valence-corrected chi connectivity index (χ4v) is 2.30. The Kier molecular flexibility index (Phi) is 5.02. The average molecular weight is 254 g/mol. The molecule has 19 heavy (non-hydrogen) atoms. The summed E-state index contributed by atoms with van der Waals surface area (Å²) >= 11 is 0. The number of benzene rings is 2. The highest BCUT2D eigenvalue weighted by Crippen LogP contribution is 2.28. The highest BCUT2D eigenvalue weighted by Gasteiger charge is 2.12. The van der Waals surface area contributed by atoms with E-state index in [0.717, 1.165) is 25.0 Å². The van der Waals surface area contributed by atoms with Gasteiger partial charge in [-0.1, -0.05) is 68.8 Å². The monoisotopic (exact) mass is 254 g/mol. The largest absolute Gasteiger partial charge is 0.485 e. The number of aryl methyl sites for hydroxylation is 1. The molecule has 1 atom stereocenters. The lowest BCUT2D eigenvalue weighted by Gasteiger charge is -2.20. The van der Waals surface area contributed by atoms with Crippen LogP contribution in [-0.4, -0.2) is 0 Å². The summed E-state index contributed by atoms with van der Waals surface area (Å²) in [4.78, 5) is 0. The zero-order chi connectivity index (χ0) is 13.5. The summed E-state index contributed by atoms with van der Waals surface area (Å²) in [6.07, 6.45) is 3.33. The van der Waals surface area contributed by atoms with Crippen molar-refractivity contribution in [1.82, 2.24) is 0 Å². The Hall–Kier alpha value is -1.76. The van der Waals surface area contributed by atoms with Gasteiger partial charge in [-0.3, -0.25) is 0 Å². The van der Waals surface area contributed by atoms with Crippen molar-refractivity contribution in [3.8, 4) is 5.75 Å². The van der Waals surface area contributed by atoms with Gasteiger partial charge in [0.1, 0.15) is 11.9 Å². The Morgan fingerprint density at radius 1 is 0.895 bits per heavy atom. The Labute approximate surface area is 116 Å². The van der Waals surface area contributed by atoms with Crippen LogP contribution in [0.2, 0.25) is 0 Å². The standard InChI is InChI=1S/C18H22O/c1-3-10-15-13-8-9-14-18(15)19-17(4-2)16-11-6-5-7-12-16/h5-9,11-14,17H,3-4,10H2,1-2H3. The maximum absolute atomic E-state index is 6.23. The minimum Gasteiger partial charge on any atom is -0.485 e. The van der Waals surface area contributed by atoms with E-state index in [1.54, 1.807) is 0 Å². The zero-order valence-electron chi connectivity index (χ0n) is 11.8. The quantitative estimate of drug-likeness (QED) is 0.691. The molecule has 0 N–H and O–H groups in total. The molecule has 100 valence electrons. The first kappa shape index (κ1) is 13.7. The molecule has 0 aliphatic carbocycles. The maximum Gasteiger partial charge on any atom is 0.123 e. The van der Waals surface area contributed by atoms with Crippen molar-refractivity contribution in [2.75, 3.05) is 0 Å². The van der Waals surface area contributed by atoms with Gasteiger partial charge in [0.15, 0.2) is 0 Å². The third-order valence-electron chi connectivity index (χ3n) is 3.30. The van der Waals surface area contributed by atoms with E-state index in [-0.39, 0.29) is 6.10 Å². The summed E-state index contributed by atoms with van der Waals surface area (Å²) in [5.41, 5.74) is 2.55. The van der Waals surface area contributed by atoms with E-state index in [9.17, 15) is 0 Å². The summed E-state index contributed by atoms with van der Waals surface area (Å²) in [5, 5.41) is 0. The number of hydrogen-bond donors (Lipinski definition) is 0. The predicted molar refractivity (Wildman–Crippen MR) is 80.5 cm³/mol. The molecule has 2 rings (SSSR count). The molecule has 1 unspecified atom stereocenters. The van der Waals surface area contributed by atoms with Crippen molar-refractivity contribution < 1.29 is 4.74 Å². The fraction of sp³-hybridized carbons (Fsp3) is 0.333. The highest BCUT2D eigenvalue weighted by atomic mass is 16.5. The predicted octanol–water partition coefficient (Wildman–Crippen LogP) is 5.17. The molecule has 0 spiro atoms. The van der Waals surface area contributed by atoms with E-state index in [4.69, 9.17) is 4.74 Å². The van der Waals surface area contributed by atoms with Gasteiger partial charge in [0.2, 0.25) is 0 Å². The lowest BCUT2D eigenvalue weighted by molar-refractivity contribution is 0.199. The van der Waals surface area contributed by atoms with Crippen molar-refractivity contribution in [2.45, 2.75) is 39.2 Å². The first-order chi connectivity index (χ1) is 9.35. The molecular weight excluding hydrogens is 232 g/mol. The molecule has 2 aromatic carbocycles. The molecule has 1 heteroatoms. The smallest absolute Gasteiger partial charge is 0.123 e. The molecule has 0 aliphatic heterocycles. The van der Waals surface area contributed by atoms with E-state index in [2.05, 4.69) is 56.3 Å². The Morgan fingerprint density at radius 2 is 1.58 bits per heavy atom. The molecule has 0 radical (unpaired) electrons. The number of ether oxygens (including phenoxy) is 1. The average Bonchev–Trinajstić information content (AvgIpc) is 2.47. The van der Waals surface area contributed by atoms with E-state index < -0.39 is 0 Å². The van der Waals surface area contributed by atoms with Gasteiger partial charge in [-0.15, -0.1) is 0 Å². The molecule has 0 heterocycles. The third-order valence-corrected chi connectivity index (χ3v) is 3.30. The normalized spacial score (nSPS) is 12.1. The van der Waals surface area contributed by atoms with Crippen LogP contribution in [0.1, 0.15) is 43.9 Å². The van der Waals surface area contributed by atoms with Gasteiger partial charge >= 0.3 is 0 Å². The molecule has 0 saturated carbocycles. The second-order valence-electron chi connectivity index (χ2n) is 4.78. The number of para-hydroxylation sites is 1. The van der Waals surface area contributed by atoms with E-state index in [1.807, 2.05) is 12.1 Å². The van der Waals surface area contributed by atoms with Crippen LogP contribution < -0.4 is 4.74 Å². The summed E-state index contributed by atoms with van der Waals surface area (Å²) < 4.78 is 6.23. The molecule has 1 nitrogen and oxygen atoms in total. The SMILES string of the molecule is CCCc1ccccc1OC(CC)c1ccccc1. The van der Waals surface area contributed by atoms with E-state index in [1.165, 1.54) is 11.1 Å². The summed E-state index contributed by atoms with van der Waals surface area (Å²) in [7, 11) is 0. The molecule has 0 amide bonds. The Morgan fingerprint density at radius 3 is 2.26 bits per heavy atom. The third kappa shape index (κ3) is 3.60. The minimum atomic E-state index is 0.138. The van der Waals surface area contributed by atoms with Crippen molar-refractivity contribution >= 4 is 0 Å². The second kappa shape index (κ2) is 6.98. The molecule has 0 saturated heterocycles. The summed E-state index contributed by atoms with van der Waals surface area (Å²) in [6.45, 7) is 4.37. The summed E-state index contributed by atoms with van der Waals surface area (Å²) in [6, 6.07) is 18.8. The van der Waals surface area contributed by atoms with Crippen LogP contribution in [0.5, 0.6) is 5.75 Å². The number of rotatable bonds is 6. The fourth-order valence-electron chi connectivity index (χ4n) is 2.30. The van der Waals surface area contributed by atoms with Crippen LogP contribution in [0, 0.1) is 0 Å². The Bertz CT molecular complexity index is 490. The van der Waals surface area contributed by atoms with Crippen LogP contribution in [0.4, 0.5) is 0 Å². The molecule has 0 bridgehead atoms. The van der Waals surface area contributed by atoms with Gasteiger partial charge in [-0.2, -0.15) is 0 Å². The highest BCUT2D eigenvalue weighted by molar-refractivity contribution is 5.34. The van der Waals surface area contributed by atoms with Gasteiger partial charge in [0.25, 0.3) is 0 Å². The molecule has 0 aliphatic rings. The molecule has 0 fully saturated rings. The maximum atomic E-state index is 6.23. The lowest BCUT2D eigenvalue weighted by Crippen LogP contribution is -2.07. The van der Waals surface area contributed by atoms with Gasteiger partial charge in [-0.05, 0) is 30.0 Å². The van der Waals surface area contributed by atoms with Crippen LogP contribution in [0.15, 0.2) is 54.6 Å². The van der Waals surface area contributed by atoms with Crippen LogP contribution in [-0.2, 0) is 6.42 Å². The number of hydrogen-bond acceptors (Lipinski definition) is 1. The first-order valence-electron chi connectivity index (χ1n) is 7.14. The second-order valence-corrected chi connectivity index (χ2v) is 4.78. The topological polar surface area (TPSA) is 9.23 Å². The van der Waals surface area contributed by atoms with Crippen molar-refractivity contribution in [3.63, 3.8) is 0 Å². The minimum absolute atomic E-state index is 0.138. The van der Waals surface area contributed by atoms with Crippen molar-refractivity contribution in [2.24, 2.45) is 0 Å². The van der Waals surface area contributed by atoms with Gasteiger partial charge in [0, 0.05) is 0 Å². The zero-order valence-corrected chi connectivity index (χ0v) is 11.8. The van der Waals surface area contributed by atoms with E-state index in [0.29, 0.717) is 0 Å². The van der Waals surface area contributed by atoms with E-state index >= 15 is 0 Å². The lowest BCUT2D eigenvalue weighted by atomic mass is 10.1. The van der Waals surface area contributed by atoms with Crippen LogP contribution in [0.3, 0.4) is 0 Å². The first-order valence-corrected chi connectivity index (χ1v) is 7.14. The van der Waals surface area contributed by atoms with Gasteiger partial charge < -0.3 is 4.74 Å². The molecule has 0 aromatic heterocycles. The van der Waals surface area contributed by atoms with Gasteiger partial charge in [-0.25, -0.2) is 0 Å².